The number of nitrogens with two attached hydrogens (primary N) is 1. The summed E-state index contributed by atoms with van der Waals surface area (Å²) >= 11 is 2.92. The number of aryl methyl sites for hydroxylation is 8. The van der Waals surface area contributed by atoms with Gasteiger partial charge in [-0.25, -0.2) is 34.9 Å². The number of fused-ring (bicyclic) bond motifs is 2. The van der Waals surface area contributed by atoms with Crippen LogP contribution in [0.1, 0.15) is 77.9 Å². The van der Waals surface area contributed by atoms with Crippen molar-refractivity contribution >= 4 is 67.4 Å². The number of anilines is 2. The minimum absolute atomic E-state index is 0. The van der Waals surface area contributed by atoms with Crippen molar-refractivity contribution in [2.45, 2.75) is 94.6 Å². The maximum atomic E-state index is 12.8. The molecule has 18 rings (SSSR count). The van der Waals surface area contributed by atoms with Gasteiger partial charge in [-0.3, -0.25) is 0 Å². The van der Waals surface area contributed by atoms with Crippen molar-refractivity contribution in [2.75, 3.05) is 56.7 Å². The number of pyridine rings is 1. The first-order chi connectivity index (χ1) is 71.2. The number of nitriles is 1. The number of nitrogens with one attached hydrogen (secondary N) is 2. The standard InChI is InChI=1S/C21H20O2.C20H16F3N5O2S.C16H15NO2.C14H14N4O2S.2C14H14O2.C9H13NO2.C7H8O2.ClH/c1-17-14-20(22-15-18-8-4-2-5-9-18)12-13-21(17)23-16-19-10-6-3-7-11-19;1-12-8-14(30-16-9-13(4-5-24-16)20(21,22)23)2-3-15(12)29-7-6-25-18-17-19(27-10-26-18)31-11-28-17;1-13-11-15(7-8-16(13)18-10-9-17)19-12-14-5-3-2-4-6-14;1-9-6-10(19)2-3-11(9)20-5-4-15-13-12-14(17-7-16-13)21-8-18-12;1-11-9-13(7-8-14(11)15)16-10-12-5-3-2-4-6-12;1-11-9-13(15)7-8-14(11)16-10-12-5-3-2-4-6-12;1-7-6-8(11)2-3-9(7)12-5-4-10;1-5-4-6(8)2-3-7(5)9;/h2-14H,15-16H2,1H3;2-5,8-11H,6-7H2,1H3,(H,25,26,27);2-8,11H,10,12H2,1H3;2-3,6-8,19H,4-5H2,1H3,(H,15,16,17);2*2-9,15H,10H2,1H3;2-3,6,11H,4-5,10H2,1H3;2-4,8-9H,1H3;1H. The van der Waals surface area contributed by atoms with Crippen LogP contribution in [-0.2, 0) is 39.2 Å². The molecule has 5 heterocycles. The average molecular weight is 2060 g/mol. The van der Waals surface area contributed by atoms with Crippen molar-refractivity contribution in [1.29, 1.82) is 5.26 Å². The summed E-state index contributed by atoms with van der Waals surface area (Å²) in [4.78, 5) is 30.7. The van der Waals surface area contributed by atoms with E-state index >= 15 is 0 Å². The Morgan fingerprint density at radius 2 is 0.642 bits per heavy atom. The molecule has 33 heteroatoms. The third kappa shape index (κ3) is 38.5. The molecule has 13 aromatic carbocycles. The van der Waals surface area contributed by atoms with Crippen LogP contribution < -0.4 is 63.7 Å². The van der Waals surface area contributed by atoms with Crippen molar-refractivity contribution in [3.8, 4) is 104 Å². The molecule has 10 N–H and O–H groups in total. The van der Waals surface area contributed by atoms with E-state index in [0.717, 1.165) is 141 Å². The second-order valence-corrected chi connectivity index (χ2v) is 34.2. The fraction of sp³-hybridized carbons (Fsp3) is 0.183. The molecule has 0 bridgehead atoms. The molecule has 27 nitrogen and oxygen atoms in total. The van der Waals surface area contributed by atoms with Gasteiger partial charge in [0.25, 0.3) is 0 Å². The van der Waals surface area contributed by atoms with Gasteiger partial charge < -0.3 is 94.4 Å². The first kappa shape index (κ1) is 113. The maximum absolute atomic E-state index is 12.8. The van der Waals surface area contributed by atoms with Crippen molar-refractivity contribution in [3.63, 3.8) is 0 Å². The molecule has 0 fully saturated rings. The van der Waals surface area contributed by atoms with Crippen LogP contribution in [-0.4, -0.2) is 112 Å². The van der Waals surface area contributed by atoms with Gasteiger partial charge in [-0.2, -0.15) is 18.4 Å². The zero-order valence-electron chi connectivity index (χ0n) is 82.6. The fourth-order valence-electron chi connectivity index (χ4n) is 13.4. The molecule has 148 heavy (non-hydrogen) atoms. The first-order valence-electron chi connectivity index (χ1n) is 46.4. The largest absolute Gasteiger partial charge is 0.508 e. The van der Waals surface area contributed by atoms with E-state index in [1.165, 1.54) is 53.5 Å². The smallest absolute Gasteiger partial charge is 0.416 e. The van der Waals surface area contributed by atoms with Gasteiger partial charge in [0.2, 0.25) is 5.88 Å². The molecule has 0 saturated heterocycles. The number of rotatable bonds is 32. The molecule has 0 amide bonds. The third-order valence-corrected chi connectivity index (χ3v) is 22.5. The van der Waals surface area contributed by atoms with Crippen LogP contribution in [0, 0.1) is 66.7 Å². The lowest BCUT2D eigenvalue weighted by Gasteiger charge is -2.12. The van der Waals surface area contributed by atoms with E-state index in [1.54, 1.807) is 103 Å². The molecule has 0 unspecified atom stereocenters. The summed E-state index contributed by atoms with van der Waals surface area (Å²) in [6.45, 7) is 20.9. The van der Waals surface area contributed by atoms with E-state index in [4.69, 9.17) is 73.7 Å². The van der Waals surface area contributed by atoms with Gasteiger partial charge in [0.15, 0.2) is 18.2 Å². The number of ether oxygens (including phenoxy) is 10. The van der Waals surface area contributed by atoms with Crippen LogP contribution in [0.5, 0.6) is 97.9 Å². The predicted molar refractivity (Wildman–Crippen MR) is 574 cm³/mol. The molecule has 0 aliphatic rings. The Hall–Kier alpha value is -17.1. The van der Waals surface area contributed by atoms with E-state index in [0.29, 0.717) is 118 Å². The molecule has 0 spiro atoms. The molecule has 0 radical (unpaired) electrons. The number of thiazole rings is 2. The Kier molecular flexibility index (Phi) is 45.6. The van der Waals surface area contributed by atoms with Crippen molar-refractivity contribution in [3.05, 3.63) is 417 Å². The van der Waals surface area contributed by atoms with E-state index in [-0.39, 0.29) is 53.6 Å². The van der Waals surface area contributed by atoms with Crippen LogP contribution in [0.15, 0.2) is 339 Å². The highest BCUT2D eigenvalue weighted by atomic mass is 35.5. The van der Waals surface area contributed by atoms with Crippen molar-refractivity contribution < 1.29 is 91.2 Å². The molecule has 5 aromatic heterocycles. The Morgan fingerprint density at radius 1 is 0.331 bits per heavy atom. The fourth-order valence-corrected chi connectivity index (χ4v) is 14.6. The average Bonchev–Trinajstić information content (AvgIpc) is 1.78. The zero-order valence-corrected chi connectivity index (χ0v) is 85.0. The summed E-state index contributed by atoms with van der Waals surface area (Å²) in [6.07, 6.45) is -0.397. The van der Waals surface area contributed by atoms with E-state index in [1.807, 2.05) is 224 Å². The monoisotopic (exact) mass is 2060 g/mol. The first-order valence-corrected chi connectivity index (χ1v) is 48.1. The summed E-state index contributed by atoms with van der Waals surface area (Å²) in [5, 5.41) is 69.7. The normalized spacial score (nSPS) is 10.3. The lowest BCUT2D eigenvalue weighted by molar-refractivity contribution is -0.137. The molecular formula is C115H115ClF3N11O16S2. The van der Waals surface area contributed by atoms with E-state index in [9.17, 15) is 28.5 Å². The van der Waals surface area contributed by atoms with Gasteiger partial charge in [-0.05, 0) is 279 Å². The molecule has 18 aromatic rings. The second kappa shape index (κ2) is 59.8. The molecular weight excluding hydrogens is 1950 g/mol. The van der Waals surface area contributed by atoms with Crippen LogP contribution in [0.25, 0.3) is 20.7 Å². The molecule has 0 aliphatic carbocycles. The van der Waals surface area contributed by atoms with Gasteiger partial charge >= 0.3 is 6.18 Å². The number of aromatic hydroxyl groups is 6. The minimum Gasteiger partial charge on any atom is -0.508 e. The number of hydrogen-bond donors (Lipinski definition) is 9. The lowest BCUT2D eigenvalue weighted by atomic mass is 10.2. The van der Waals surface area contributed by atoms with Gasteiger partial charge in [-0.15, -0.1) is 35.1 Å². The highest BCUT2D eigenvalue weighted by molar-refractivity contribution is 7.16. The summed E-state index contributed by atoms with van der Waals surface area (Å²) in [5.41, 5.74) is 22.2. The maximum Gasteiger partial charge on any atom is 0.416 e. The van der Waals surface area contributed by atoms with E-state index in [2.05, 4.69) is 69.8 Å². The van der Waals surface area contributed by atoms with E-state index < -0.39 is 11.7 Å². The molecule has 0 atom stereocenters. The summed E-state index contributed by atoms with van der Waals surface area (Å²) in [7, 11) is 0. The number of hydrogen-bond acceptors (Lipinski definition) is 29. The number of phenolic OH excluding ortho intramolecular Hbond substituents is 6. The van der Waals surface area contributed by atoms with Gasteiger partial charge in [0, 0.05) is 18.8 Å². The number of aromatic nitrogens is 7. The molecule has 0 aliphatic heterocycles. The summed E-state index contributed by atoms with van der Waals surface area (Å²) in [5.74, 6) is 10.1. The van der Waals surface area contributed by atoms with Crippen molar-refractivity contribution in [2.24, 2.45) is 5.73 Å². The Labute approximate surface area is 871 Å². The SMILES string of the molecule is Cc1cc(O)ccc1O.Cc1cc(O)ccc1OCCN.Cc1cc(O)ccc1OCCNc1ncnc2scnc12.Cc1cc(O)ccc1OCc1ccccc1.Cc1cc(OCc2ccccc2)ccc1O.Cc1cc(OCc2ccccc2)ccc1OCC#N.Cc1cc(OCc2ccccc2)ccc1OCc1ccccc1.Cc1cc(Oc2cc(C(F)(F)F)ccn2)ccc1OCCNc1ncnc2scnc12.Cl. The second-order valence-electron chi connectivity index (χ2n) is 32.5. The van der Waals surface area contributed by atoms with Gasteiger partial charge in [0.1, 0.15) is 184 Å². The number of benzene rings is 13. The number of alkyl halides is 3. The Balaban J connectivity index is 0.000000177. The minimum atomic E-state index is -4.46. The van der Waals surface area contributed by atoms with Gasteiger partial charge in [-0.1, -0.05) is 152 Å². The number of phenols is 6. The number of halogens is 4. The molecule has 0 saturated carbocycles. The third-order valence-electron chi connectivity index (χ3n) is 21.0. The van der Waals surface area contributed by atoms with Crippen molar-refractivity contribution in [1.82, 2.24) is 34.9 Å². The Bertz CT molecular complexity index is 7140. The topological polar surface area (TPSA) is 378 Å². The quantitative estimate of drug-likeness (QED) is 0.0140. The molecule has 766 valence electrons. The predicted octanol–water partition coefficient (Wildman–Crippen LogP) is 25.7. The van der Waals surface area contributed by atoms with Crippen LogP contribution in [0.2, 0.25) is 0 Å². The summed E-state index contributed by atoms with van der Waals surface area (Å²) < 4.78 is 94.7. The highest BCUT2D eigenvalue weighted by Gasteiger charge is 2.31. The summed E-state index contributed by atoms with van der Waals surface area (Å²) in [6, 6.07) is 95.4. The van der Waals surface area contributed by atoms with Crippen LogP contribution >= 0.6 is 35.1 Å². The number of nitrogens with zero attached hydrogens (tertiary/aromatic N) is 8. The lowest BCUT2D eigenvalue weighted by Crippen LogP contribution is -2.13. The highest BCUT2D eigenvalue weighted by Crippen LogP contribution is 2.36. The van der Waals surface area contributed by atoms with Crippen LogP contribution in [0.3, 0.4) is 0 Å². The van der Waals surface area contributed by atoms with Crippen LogP contribution in [0.4, 0.5) is 24.8 Å². The Morgan fingerprint density at radius 3 is 0.993 bits per heavy atom. The zero-order chi connectivity index (χ0) is 105. The van der Waals surface area contributed by atoms with Gasteiger partial charge in [0.05, 0.1) is 29.7 Å².